The zero-order chi connectivity index (χ0) is 14.5. The number of aryl methyl sites for hydroxylation is 1. The molecule has 1 heterocycles. The maximum absolute atomic E-state index is 11.8. The van der Waals surface area contributed by atoms with Crippen LogP contribution in [0.25, 0.3) is 0 Å². The second-order valence-corrected chi connectivity index (χ2v) is 4.26. The van der Waals surface area contributed by atoms with Crippen molar-refractivity contribution in [3.05, 3.63) is 57.6 Å². The molecule has 1 N–H and O–H groups in total. The van der Waals surface area contributed by atoms with Gasteiger partial charge >= 0.3 is 0 Å². The molecule has 0 aliphatic carbocycles. The lowest BCUT2D eigenvalue weighted by atomic mass is 10.2. The molecule has 0 fully saturated rings. The average molecular weight is 276 g/mol. The van der Waals surface area contributed by atoms with E-state index in [0.29, 0.717) is 5.76 Å². The predicted octanol–water partition coefficient (Wildman–Crippen LogP) is 2.03. The molecule has 0 atom stereocenters. The third kappa shape index (κ3) is 3.19. The summed E-state index contributed by atoms with van der Waals surface area (Å²) in [5.74, 6) is 1.51. The minimum absolute atomic E-state index is 0.165. The van der Waals surface area contributed by atoms with Crippen LogP contribution < -0.4 is 14.9 Å². The summed E-state index contributed by atoms with van der Waals surface area (Å²) in [6, 6.07) is 8.60. The summed E-state index contributed by atoms with van der Waals surface area (Å²) >= 11 is 0. The highest BCUT2D eigenvalue weighted by atomic mass is 16.5. The van der Waals surface area contributed by atoms with E-state index in [-0.39, 0.29) is 30.2 Å². The molecule has 1 aromatic carbocycles. The highest BCUT2D eigenvalue weighted by Crippen LogP contribution is 2.17. The van der Waals surface area contributed by atoms with Gasteiger partial charge in [-0.1, -0.05) is 12.1 Å². The van der Waals surface area contributed by atoms with Crippen LogP contribution in [-0.4, -0.2) is 12.2 Å². The molecule has 106 valence electrons. The third-order valence-corrected chi connectivity index (χ3v) is 2.82. The summed E-state index contributed by atoms with van der Waals surface area (Å²) < 4.78 is 15.8. The van der Waals surface area contributed by atoms with Crippen molar-refractivity contribution in [2.45, 2.75) is 20.1 Å². The van der Waals surface area contributed by atoms with Crippen molar-refractivity contribution >= 4 is 0 Å². The number of aliphatic hydroxyl groups is 1. The van der Waals surface area contributed by atoms with Crippen LogP contribution in [0.2, 0.25) is 0 Å². The number of hydrogen-bond acceptors (Lipinski definition) is 5. The number of benzene rings is 1. The molecule has 0 unspecified atom stereocenters. The Kier molecular flexibility index (Phi) is 4.42. The highest BCUT2D eigenvalue weighted by Gasteiger charge is 2.10. The lowest BCUT2D eigenvalue weighted by molar-refractivity contribution is 0.231. The molecule has 2 rings (SSSR count). The van der Waals surface area contributed by atoms with Gasteiger partial charge in [0.05, 0.1) is 7.11 Å². The first-order valence-corrected chi connectivity index (χ1v) is 6.14. The Labute approximate surface area is 116 Å². The first-order valence-electron chi connectivity index (χ1n) is 6.14. The summed E-state index contributed by atoms with van der Waals surface area (Å²) in [4.78, 5) is 11.8. The van der Waals surface area contributed by atoms with Gasteiger partial charge in [-0.3, -0.25) is 4.79 Å². The second kappa shape index (κ2) is 6.25. The minimum Gasteiger partial charge on any atom is -0.497 e. The van der Waals surface area contributed by atoms with Crippen molar-refractivity contribution in [2.75, 3.05) is 7.11 Å². The number of methoxy groups -OCH3 is 1. The minimum atomic E-state index is -0.311. The summed E-state index contributed by atoms with van der Waals surface area (Å²) in [6.45, 7) is 1.58. The second-order valence-electron chi connectivity index (χ2n) is 4.26. The topological polar surface area (TPSA) is 68.9 Å². The van der Waals surface area contributed by atoms with Crippen LogP contribution >= 0.6 is 0 Å². The summed E-state index contributed by atoms with van der Waals surface area (Å²) in [5, 5.41) is 8.95. The van der Waals surface area contributed by atoms with Gasteiger partial charge in [0, 0.05) is 6.07 Å². The third-order valence-electron chi connectivity index (χ3n) is 2.82. The Balaban J connectivity index is 2.12. The maximum atomic E-state index is 11.8. The predicted molar refractivity (Wildman–Crippen MR) is 73.0 cm³/mol. The lowest BCUT2D eigenvalue weighted by Gasteiger charge is -2.09. The van der Waals surface area contributed by atoms with E-state index < -0.39 is 0 Å². The first kappa shape index (κ1) is 14.1. The molecule has 0 aliphatic rings. The summed E-state index contributed by atoms with van der Waals surface area (Å²) in [5.41, 5.74) is 0.613. The van der Waals surface area contributed by atoms with Gasteiger partial charge in [0.25, 0.3) is 0 Å². The fraction of sp³-hybridized carbons (Fsp3) is 0.267. The summed E-state index contributed by atoms with van der Waals surface area (Å²) in [7, 11) is 1.60. The molecule has 1 aromatic heterocycles. The molecular formula is C15H16O5. The highest BCUT2D eigenvalue weighted by molar-refractivity contribution is 5.29. The van der Waals surface area contributed by atoms with Gasteiger partial charge in [0.1, 0.15) is 30.5 Å². The van der Waals surface area contributed by atoms with Crippen molar-refractivity contribution in [2.24, 2.45) is 0 Å². The normalized spacial score (nSPS) is 10.3. The number of ether oxygens (including phenoxy) is 2. The van der Waals surface area contributed by atoms with Gasteiger partial charge in [-0.15, -0.1) is 0 Å². The van der Waals surface area contributed by atoms with Crippen LogP contribution in [0.15, 0.2) is 39.5 Å². The standard InChI is InChI=1S/C15H16O5/c1-10-15(14(17)7-13(8-16)20-10)19-9-11-3-5-12(18-2)6-4-11/h3-7,16H,8-9H2,1-2H3. The monoisotopic (exact) mass is 276 g/mol. The zero-order valence-corrected chi connectivity index (χ0v) is 11.4. The van der Waals surface area contributed by atoms with Crippen molar-refractivity contribution in [3.8, 4) is 11.5 Å². The SMILES string of the molecule is COc1ccc(COc2c(C)oc(CO)cc2=O)cc1. The van der Waals surface area contributed by atoms with E-state index in [1.54, 1.807) is 14.0 Å². The number of hydrogen-bond donors (Lipinski definition) is 1. The number of rotatable bonds is 5. The molecule has 0 bridgehead atoms. The van der Waals surface area contributed by atoms with Crippen LogP contribution in [0, 0.1) is 6.92 Å². The molecule has 5 heteroatoms. The van der Waals surface area contributed by atoms with Crippen LogP contribution in [0.5, 0.6) is 11.5 Å². The van der Waals surface area contributed by atoms with E-state index >= 15 is 0 Å². The van der Waals surface area contributed by atoms with Gasteiger partial charge in [-0.05, 0) is 24.6 Å². The molecule has 5 nitrogen and oxygen atoms in total. The van der Waals surface area contributed by atoms with Crippen LogP contribution in [0.1, 0.15) is 17.1 Å². The van der Waals surface area contributed by atoms with E-state index in [2.05, 4.69) is 0 Å². The number of aliphatic hydroxyl groups excluding tert-OH is 1. The van der Waals surface area contributed by atoms with Crippen molar-refractivity contribution in [1.82, 2.24) is 0 Å². The lowest BCUT2D eigenvalue weighted by Crippen LogP contribution is -2.10. The van der Waals surface area contributed by atoms with E-state index in [4.69, 9.17) is 19.0 Å². The van der Waals surface area contributed by atoms with Gasteiger partial charge in [-0.25, -0.2) is 0 Å². The van der Waals surface area contributed by atoms with Gasteiger partial charge in [0.2, 0.25) is 11.2 Å². The molecule has 0 saturated heterocycles. The van der Waals surface area contributed by atoms with Crippen molar-refractivity contribution in [1.29, 1.82) is 0 Å². The quantitative estimate of drug-likeness (QED) is 0.905. The molecule has 0 saturated carbocycles. The summed E-state index contributed by atoms with van der Waals surface area (Å²) in [6.07, 6.45) is 0. The van der Waals surface area contributed by atoms with Gasteiger partial charge in [-0.2, -0.15) is 0 Å². The Hall–Kier alpha value is -2.27. The van der Waals surface area contributed by atoms with E-state index in [9.17, 15) is 4.79 Å². The Morgan fingerprint density at radius 2 is 1.95 bits per heavy atom. The van der Waals surface area contributed by atoms with E-state index in [1.165, 1.54) is 6.07 Å². The molecule has 20 heavy (non-hydrogen) atoms. The van der Waals surface area contributed by atoms with Crippen molar-refractivity contribution < 1.29 is 19.0 Å². The molecule has 0 amide bonds. The van der Waals surface area contributed by atoms with E-state index in [1.807, 2.05) is 24.3 Å². The zero-order valence-electron chi connectivity index (χ0n) is 11.4. The molecule has 0 aliphatic heterocycles. The fourth-order valence-corrected chi connectivity index (χ4v) is 1.79. The van der Waals surface area contributed by atoms with Crippen LogP contribution in [0.3, 0.4) is 0 Å². The molecule has 0 radical (unpaired) electrons. The van der Waals surface area contributed by atoms with Crippen molar-refractivity contribution in [3.63, 3.8) is 0 Å². The van der Waals surface area contributed by atoms with E-state index in [0.717, 1.165) is 11.3 Å². The average Bonchev–Trinajstić information content (AvgIpc) is 2.46. The van der Waals surface area contributed by atoms with Crippen LogP contribution in [-0.2, 0) is 13.2 Å². The first-order chi connectivity index (χ1) is 9.63. The Morgan fingerprint density at radius 3 is 2.50 bits per heavy atom. The maximum Gasteiger partial charge on any atom is 0.227 e. The Bertz CT molecular complexity index is 628. The molecule has 0 spiro atoms. The fourth-order valence-electron chi connectivity index (χ4n) is 1.79. The van der Waals surface area contributed by atoms with Gasteiger partial charge < -0.3 is 19.0 Å². The molecule has 2 aromatic rings. The van der Waals surface area contributed by atoms with Crippen LogP contribution in [0.4, 0.5) is 0 Å². The van der Waals surface area contributed by atoms with Gasteiger partial charge in [0.15, 0.2) is 0 Å². The smallest absolute Gasteiger partial charge is 0.227 e. The largest absolute Gasteiger partial charge is 0.497 e. The molecular weight excluding hydrogens is 260 g/mol. The Morgan fingerprint density at radius 1 is 1.25 bits per heavy atom.